The molecule has 0 saturated carbocycles. The van der Waals surface area contributed by atoms with Crippen LogP contribution in [0.1, 0.15) is 16.7 Å². The zero-order valence-electron chi connectivity index (χ0n) is 12.4. The van der Waals surface area contributed by atoms with Crippen molar-refractivity contribution in [3.8, 4) is 5.75 Å². The summed E-state index contributed by atoms with van der Waals surface area (Å²) in [6, 6.07) is 18.3. The number of hydrogen-bond donors (Lipinski definition) is 1. The molecule has 0 radical (unpaired) electrons. The Morgan fingerprint density at radius 1 is 0.864 bits per heavy atom. The van der Waals surface area contributed by atoms with Crippen molar-refractivity contribution in [2.24, 2.45) is 4.36 Å². The highest BCUT2D eigenvalue weighted by Crippen LogP contribution is 2.40. The number of phenolic OH excluding ortho intramolecular Hbond substituents is 1. The minimum absolute atomic E-state index is 0.0354. The first-order chi connectivity index (χ1) is 10.7. The Labute approximate surface area is 132 Å². The standard InChI is InChI=1S/C19H17NOS/c1-13-17-11-22(20-14-7-3-2-4-8-14)12-18(17)15-9-5-6-10-16(15)19(13)21/h2-10,21H,11-12H2,1H3. The van der Waals surface area contributed by atoms with Crippen LogP contribution in [-0.4, -0.2) is 5.11 Å². The van der Waals surface area contributed by atoms with E-state index in [9.17, 15) is 5.11 Å². The van der Waals surface area contributed by atoms with E-state index < -0.39 is 0 Å². The lowest BCUT2D eigenvalue weighted by Gasteiger charge is -2.11. The van der Waals surface area contributed by atoms with Crippen LogP contribution >= 0.6 is 0 Å². The summed E-state index contributed by atoms with van der Waals surface area (Å²) in [5, 5.41) is 12.6. The Kier molecular flexibility index (Phi) is 3.23. The van der Waals surface area contributed by atoms with Crippen LogP contribution in [0.15, 0.2) is 59.0 Å². The largest absolute Gasteiger partial charge is 0.507 e. The van der Waals surface area contributed by atoms with Gasteiger partial charge in [0.2, 0.25) is 0 Å². The van der Waals surface area contributed by atoms with Crippen LogP contribution in [0.25, 0.3) is 10.8 Å². The fourth-order valence-corrected chi connectivity index (χ4v) is 5.17. The Hall–Kier alpha value is -2.13. The summed E-state index contributed by atoms with van der Waals surface area (Å²) >= 11 is 0. The van der Waals surface area contributed by atoms with Crippen molar-refractivity contribution in [3.63, 3.8) is 0 Å². The lowest BCUT2D eigenvalue weighted by atomic mass is 9.95. The van der Waals surface area contributed by atoms with Gasteiger partial charge in [-0.1, -0.05) is 53.2 Å². The second kappa shape index (κ2) is 5.25. The van der Waals surface area contributed by atoms with E-state index >= 15 is 0 Å². The molecule has 0 saturated heterocycles. The molecule has 1 aliphatic rings. The molecular weight excluding hydrogens is 290 g/mol. The van der Waals surface area contributed by atoms with E-state index in [0.29, 0.717) is 5.75 Å². The average Bonchev–Trinajstić information content (AvgIpc) is 2.98. The van der Waals surface area contributed by atoms with Crippen molar-refractivity contribution in [2.75, 3.05) is 0 Å². The highest BCUT2D eigenvalue weighted by molar-refractivity contribution is 7.86. The minimum atomic E-state index is -0.0354. The molecule has 1 N–H and O–H groups in total. The van der Waals surface area contributed by atoms with Crippen LogP contribution in [0.2, 0.25) is 0 Å². The second-order valence-electron chi connectivity index (χ2n) is 5.65. The number of aromatic hydroxyl groups is 1. The van der Waals surface area contributed by atoms with Gasteiger partial charge in [0.1, 0.15) is 5.75 Å². The fraction of sp³-hybridized carbons (Fsp3) is 0.158. The van der Waals surface area contributed by atoms with E-state index in [0.717, 1.165) is 28.1 Å². The Morgan fingerprint density at radius 2 is 1.50 bits per heavy atom. The highest BCUT2D eigenvalue weighted by Gasteiger charge is 2.23. The first kappa shape index (κ1) is 13.5. The third-order valence-electron chi connectivity index (χ3n) is 4.29. The summed E-state index contributed by atoms with van der Waals surface area (Å²) < 4.78 is 4.90. The molecule has 0 spiro atoms. The van der Waals surface area contributed by atoms with Gasteiger partial charge >= 0.3 is 0 Å². The van der Waals surface area contributed by atoms with E-state index in [1.165, 1.54) is 16.5 Å². The van der Waals surface area contributed by atoms with Gasteiger partial charge in [-0.3, -0.25) is 0 Å². The molecule has 22 heavy (non-hydrogen) atoms. The van der Waals surface area contributed by atoms with E-state index in [1.54, 1.807) is 0 Å². The third kappa shape index (κ3) is 2.13. The van der Waals surface area contributed by atoms with Gasteiger partial charge in [-0.25, -0.2) is 4.36 Å². The molecule has 1 unspecified atom stereocenters. The number of nitrogens with zero attached hydrogens (tertiary/aromatic N) is 1. The molecule has 0 fully saturated rings. The van der Waals surface area contributed by atoms with Gasteiger partial charge in [0.15, 0.2) is 0 Å². The molecule has 2 nitrogen and oxygen atoms in total. The van der Waals surface area contributed by atoms with E-state index in [4.69, 9.17) is 4.36 Å². The van der Waals surface area contributed by atoms with Crippen LogP contribution in [0.4, 0.5) is 5.69 Å². The van der Waals surface area contributed by atoms with Crippen molar-refractivity contribution in [2.45, 2.75) is 18.4 Å². The quantitative estimate of drug-likeness (QED) is 0.674. The van der Waals surface area contributed by atoms with Gasteiger partial charge in [0.05, 0.1) is 5.69 Å². The smallest absolute Gasteiger partial charge is 0.126 e. The number of benzene rings is 3. The predicted molar refractivity (Wildman–Crippen MR) is 93.7 cm³/mol. The molecule has 3 aromatic carbocycles. The number of rotatable bonds is 1. The molecule has 0 aromatic heterocycles. The summed E-state index contributed by atoms with van der Waals surface area (Å²) in [6.45, 7) is 2.02. The Balaban J connectivity index is 1.86. The molecule has 3 aromatic rings. The zero-order chi connectivity index (χ0) is 15.1. The van der Waals surface area contributed by atoms with Gasteiger partial charge in [-0.05, 0) is 41.1 Å². The summed E-state index contributed by atoms with van der Waals surface area (Å²) in [4.78, 5) is 0. The van der Waals surface area contributed by atoms with Gasteiger partial charge in [-0.15, -0.1) is 0 Å². The maximum absolute atomic E-state index is 10.5. The Bertz CT molecular complexity index is 900. The first-order valence-corrected chi connectivity index (χ1v) is 8.92. The van der Waals surface area contributed by atoms with Crippen molar-refractivity contribution in [1.82, 2.24) is 0 Å². The predicted octanol–water partition coefficient (Wildman–Crippen LogP) is 5.00. The molecule has 0 aliphatic carbocycles. The molecule has 110 valence electrons. The van der Waals surface area contributed by atoms with Crippen LogP contribution in [0.3, 0.4) is 0 Å². The molecule has 1 aliphatic heterocycles. The summed E-state index contributed by atoms with van der Waals surface area (Å²) in [5.74, 6) is 2.35. The van der Waals surface area contributed by atoms with Crippen molar-refractivity contribution in [1.29, 1.82) is 0 Å². The van der Waals surface area contributed by atoms with Crippen molar-refractivity contribution in [3.05, 3.63) is 71.3 Å². The summed E-state index contributed by atoms with van der Waals surface area (Å²) in [5.41, 5.74) is 4.73. The monoisotopic (exact) mass is 307 g/mol. The number of fused-ring (bicyclic) bond motifs is 3. The zero-order valence-corrected chi connectivity index (χ0v) is 13.2. The maximum atomic E-state index is 10.5. The van der Waals surface area contributed by atoms with E-state index in [2.05, 4.69) is 18.2 Å². The molecule has 4 rings (SSSR count). The summed E-state index contributed by atoms with van der Waals surface area (Å²) in [6.07, 6.45) is 0. The molecule has 3 heteroatoms. The molecule has 1 atom stereocenters. The SMILES string of the molecule is Cc1c2c(c3ccccc3c1O)CS(=Nc1ccccc1)C2. The fourth-order valence-electron chi connectivity index (χ4n) is 3.13. The lowest BCUT2D eigenvalue weighted by molar-refractivity contribution is 0.477. The third-order valence-corrected chi connectivity index (χ3v) is 6.00. The van der Waals surface area contributed by atoms with Crippen LogP contribution in [0.5, 0.6) is 5.75 Å². The normalized spacial score (nSPS) is 17.0. The minimum Gasteiger partial charge on any atom is -0.507 e. The van der Waals surface area contributed by atoms with E-state index in [-0.39, 0.29) is 10.7 Å². The van der Waals surface area contributed by atoms with Crippen molar-refractivity contribution < 1.29 is 5.11 Å². The van der Waals surface area contributed by atoms with E-state index in [1.807, 2.05) is 43.3 Å². The number of phenols is 1. The van der Waals surface area contributed by atoms with Gasteiger partial charge in [0, 0.05) is 16.9 Å². The Morgan fingerprint density at radius 3 is 2.27 bits per heavy atom. The van der Waals surface area contributed by atoms with Gasteiger partial charge in [-0.2, -0.15) is 0 Å². The topological polar surface area (TPSA) is 32.6 Å². The molecule has 0 bridgehead atoms. The van der Waals surface area contributed by atoms with Crippen LogP contribution in [-0.2, 0) is 22.2 Å². The van der Waals surface area contributed by atoms with Crippen LogP contribution < -0.4 is 0 Å². The molecule has 0 amide bonds. The average molecular weight is 307 g/mol. The first-order valence-electron chi connectivity index (χ1n) is 7.40. The van der Waals surface area contributed by atoms with Crippen molar-refractivity contribution >= 4 is 27.2 Å². The van der Waals surface area contributed by atoms with Gasteiger partial charge < -0.3 is 5.11 Å². The molecular formula is C19H17NOS. The maximum Gasteiger partial charge on any atom is 0.126 e. The number of hydrogen-bond acceptors (Lipinski definition) is 2. The van der Waals surface area contributed by atoms with Gasteiger partial charge in [0.25, 0.3) is 0 Å². The summed E-state index contributed by atoms with van der Waals surface area (Å²) in [7, 11) is -0.0354. The highest BCUT2D eigenvalue weighted by atomic mass is 32.2. The molecule has 1 heterocycles. The van der Waals surface area contributed by atoms with Crippen LogP contribution in [0, 0.1) is 6.92 Å². The second-order valence-corrected chi connectivity index (χ2v) is 7.34. The lowest BCUT2D eigenvalue weighted by Crippen LogP contribution is -1.91.